The minimum Gasteiger partial charge on any atom is -0.376 e. The predicted molar refractivity (Wildman–Crippen MR) is 122 cm³/mol. The highest BCUT2D eigenvalue weighted by molar-refractivity contribution is 7.92. The maximum atomic E-state index is 12.9. The van der Waals surface area contributed by atoms with Gasteiger partial charge in [-0.2, -0.15) is 0 Å². The Morgan fingerprint density at radius 1 is 0.867 bits per heavy atom. The number of nitrogens with one attached hydrogen (secondary N) is 2. The second kappa shape index (κ2) is 9.00. The molecule has 0 bridgehead atoms. The van der Waals surface area contributed by atoms with Crippen molar-refractivity contribution < 1.29 is 13.2 Å². The lowest BCUT2D eigenvalue weighted by Crippen LogP contribution is -2.26. The molecule has 0 aromatic heterocycles. The standard InChI is InChI=1S/C23H25N3O3S/c1-17-12-13-20(14-18(17)2)25-23(27)16-24-19-8-7-11-22(15-19)30(28,29)26(3)21-9-5-4-6-10-21/h4-15,24H,16H2,1-3H3,(H,25,27). The fourth-order valence-electron chi connectivity index (χ4n) is 2.91. The topological polar surface area (TPSA) is 78.5 Å². The minimum atomic E-state index is -3.72. The monoisotopic (exact) mass is 423 g/mol. The van der Waals surface area contributed by atoms with Crippen LogP contribution in [0.25, 0.3) is 0 Å². The molecule has 2 N–H and O–H groups in total. The summed E-state index contributed by atoms with van der Waals surface area (Å²) in [6, 6.07) is 21.0. The summed E-state index contributed by atoms with van der Waals surface area (Å²) >= 11 is 0. The van der Waals surface area contributed by atoms with Crippen molar-refractivity contribution in [2.24, 2.45) is 0 Å². The summed E-state index contributed by atoms with van der Waals surface area (Å²) in [4.78, 5) is 12.4. The molecule has 0 saturated carbocycles. The van der Waals surface area contributed by atoms with Crippen molar-refractivity contribution in [3.8, 4) is 0 Å². The molecule has 0 fully saturated rings. The number of amides is 1. The summed E-state index contributed by atoms with van der Waals surface area (Å²) in [5, 5.41) is 5.82. The number of anilines is 3. The van der Waals surface area contributed by atoms with E-state index in [1.165, 1.54) is 23.5 Å². The lowest BCUT2D eigenvalue weighted by Gasteiger charge is -2.20. The van der Waals surface area contributed by atoms with Gasteiger partial charge in [0.15, 0.2) is 0 Å². The zero-order chi connectivity index (χ0) is 21.7. The summed E-state index contributed by atoms with van der Waals surface area (Å²) in [5.41, 5.74) is 4.10. The Morgan fingerprint density at radius 2 is 1.60 bits per heavy atom. The van der Waals surface area contributed by atoms with Crippen molar-refractivity contribution in [2.45, 2.75) is 18.7 Å². The molecule has 0 aliphatic rings. The zero-order valence-electron chi connectivity index (χ0n) is 17.2. The van der Waals surface area contributed by atoms with Crippen LogP contribution in [-0.2, 0) is 14.8 Å². The Bertz CT molecular complexity index is 1150. The van der Waals surface area contributed by atoms with Crippen LogP contribution in [0.2, 0.25) is 0 Å². The number of hydrogen-bond donors (Lipinski definition) is 2. The van der Waals surface area contributed by atoms with E-state index >= 15 is 0 Å². The van der Waals surface area contributed by atoms with Gasteiger partial charge in [-0.1, -0.05) is 30.3 Å². The van der Waals surface area contributed by atoms with Gasteiger partial charge in [-0.15, -0.1) is 0 Å². The van der Waals surface area contributed by atoms with Crippen LogP contribution < -0.4 is 14.9 Å². The molecular formula is C23H25N3O3S. The quantitative estimate of drug-likeness (QED) is 0.598. The van der Waals surface area contributed by atoms with E-state index in [9.17, 15) is 13.2 Å². The van der Waals surface area contributed by atoms with Gasteiger partial charge >= 0.3 is 0 Å². The number of para-hydroxylation sites is 1. The first-order valence-electron chi connectivity index (χ1n) is 9.52. The molecule has 3 aromatic carbocycles. The highest BCUT2D eigenvalue weighted by atomic mass is 32.2. The van der Waals surface area contributed by atoms with Gasteiger partial charge in [-0.3, -0.25) is 9.10 Å². The molecule has 3 rings (SSSR count). The van der Waals surface area contributed by atoms with Crippen LogP contribution in [-0.4, -0.2) is 27.9 Å². The Morgan fingerprint density at radius 3 is 2.30 bits per heavy atom. The smallest absolute Gasteiger partial charge is 0.264 e. The SMILES string of the molecule is Cc1ccc(NC(=O)CNc2cccc(S(=O)(=O)N(C)c3ccccc3)c2)cc1C. The minimum absolute atomic E-state index is 0.0188. The van der Waals surface area contributed by atoms with E-state index < -0.39 is 10.0 Å². The van der Waals surface area contributed by atoms with E-state index in [1.54, 1.807) is 36.4 Å². The highest BCUT2D eigenvalue weighted by Gasteiger charge is 2.21. The third-order valence-electron chi connectivity index (χ3n) is 4.86. The van der Waals surface area contributed by atoms with Crippen molar-refractivity contribution in [2.75, 3.05) is 28.5 Å². The molecule has 0 saturated heterocycles. The summed E-state index contributed by atoms with van der Waals surface area (Å²) in [5.74, 6) is -0.215. The molecular weight excluding hydrogens is 398 g/mol. The first-order chi connectivity index (χ1) is 14.3. The van der Waals surface area contributed by atoms with Gasteiger partial charge in [0.25, 0.3) is 10.0 Å². The molecule has 30 heavy (non-hydrogen) atoms. The predicted octanol–water partition coefficient (Wildman–Crippen LogP) is 4.18. The largest absolute Gasteiger partial charge is 0.376 e. The number of nitrogens with zero attached hydrogens (tertiary/aromatic N) is 1. The second-order valence-electron chi connectivity index (χ2n) is 7.04. The van der Waals surface area contributed by atoms with Gasteiger partial charge in [0, 0.05) is 18.4 Å². The Labute approximate surface area is 177 Å². The molecule has 0 unspecified atom stereocenters. The van der Waals surface area contributed by atoms with E-state index in [4.69, 9.17) is 0 Å². The Hall–Kier alpha value is -3.32. The molecule has 0 aliphatic carbocycles. The second-order valence-corrected chi connectivity index (χ2v) is 9.01. The molecule has 0 aliphatic heterocycles. The van der Waals surface area contributed by atoms with Crippen LogP contribution in [0.1, 0.15) is 11.1 Å². The third kappa shape index (κ3) is 4.99. The van der Waals surface area contributed by atoms with Crippen molar-refractivity contribution in [1.29, 1.82) is 0 Å². The number of benzene rings is 3. The maximum Gasteiger partial charge on any atom is 0.264 e. The number of hydrogen-bond acceptors (Lipinski definition) is 4. The Balaban J connectivity index is 1.68. The van der Waals surface area contributed by atoms with Gasteiger partial charge < -0.3 is 10.6 Å². The van der Waals surface area contributed by atoms with Crippen LogP contribution in [0.3, 0.4) is 0 Å². The molecule has 7 heteroatoms. The lowest BCUT2D eigenvalue weighted by atomic mass is 10.1. The Kier molecular flexibility index (Phi) is 6.42. The van der Waals surface area contributed by atoms with Gasteiger partial charge in [-0.25, -0.2) is 8.42 Å². The van der Waals surface area contributed by atoms with Crippen molar-refractivity contribution >= 4 is 33.0 Å². The summed E-state index contributed by atoms with van der Waals surface area (Å²) in [6.45, 7) is 4.02. The molecule has 0 radical (unpaired) electrons. The van der Waals surface area contributed by atoms with Crippen molar-refractivity contribution in [3.63, 3.8) is 0 Å². The van der Waals surface area contributed by atoms with E-state index in [0.717, 1.165) is 16.8 Å². The van der Waals surface area contributed by atoms with E-state index in [1.807, 2.05) is 38.1 Å². The number of carbonyl (C=O) groups is 1. The average molecular weight is 424 g/mol. The summed E-state index contributed by atoms with van der Waals surface area (Å²) in [6.07, 6.45) is 0. The highest BCUT2D eigenvalue weighted by Crippen LogP contribution is 2.23. The van der Waals surface area contributed by atoms with Gasteiger partial charge in [0.1, 0.15) is 0 Å². The summed E-state index contributed by atoms with van der Waals surface area (Å²) in [7, 11) is -2.20. The zero-order valence-corrected chi connectivity index (χ0v) is 18.0. The average Bonchev–Trinajstić information content (AvgIpc) is 2.75. The molecule has 1 amide bonds. The van der Waals surface area contributed by atoms with Crippen LogP contribution in [0.5, 0.6) is 0 Å². The number of carbonyl (C=O) groups excluding carboxylic acids is 1. The van der Waals surface area contributed by atoms with Gasteiger partial charge in [-0.05, 0) is 67.4 Å². The fraction of sp³-hybridized carbons (Fsp3) is 0.174. The molecule has 3 aromatic rings. The maximum absolute atomic E-state index is 12.9. The molecule has 0 spiro atoms. The molecule has 6 nitrogen and oxygen atoms in total. The molecule has 0 atom stereocenters. The third-order valence-corrected chi connectivity index (χ3v) is 6.64. The van der Waals surface area contributed by atoms with E-state index in [-0.39, 0.29) is 17.3 Å². The van der Waals surface area contributed by atoms with Gasteiger partial charge in [0.2, 0.25) is 5.91 Å². The van der Waals surface area contributed by atoms with Gasteiger partial charge in [0.05, 0.1) is 17.1 Å². The summed E-state index contributed by atoms with van der Waals surface area (Å²) < 4.78 is 27.1. The number of aryl methyl sites for hydroxylation is 2. The number of sulfonamides is 1. The van der Waals surface area contributed by atoms with Crippen LogP contribution in [0.15, 0.2) is 77.7 Å². The molecule has 0 heterocycles. The van der Waals surface area contributed by atoms with Crippen LogP contribution >= 0.6 is 0 Å². The van der Waals surface area contributed by atoms with E-state index in [0.29, 0.717) is 11.4 Å². The molecule has 156 valence electrons. The fourth-order valence-corrected chi connectivity index (χ4v) is 4.15. The number of rotatable bonds is 7. The van der Waals surface area contributed by atoms with E-state index in [2.05, 4.69) is 10.6 Å². The lowest BCUT2D eigenvalue weighted by molar-refractivity contribution is -0.114. The normalized spacial score (nSPS) is 11.0. The van der Waals surface area contributed by atoms with Crippen molar-refractivity contribution in [3.05, 3.63) is 83.9 Å². The van der Waals surface area contributed by atoms with Crippen LogP contribution in [0.4, 0.5) is 17.1 Å². The van der Waals surface area contributed by atoms with Crippen molar-refractivity contribution in [1.82, 2.24) is 0 Å². The van der Waals surface area contributed by atoms with Crippen LogP contribution in [0, 0.1) is 13.8 Å². The first-order valence-corrected chi connectivity index (χ1v) is 11.0. The first kappa shape index (κ1) is 21.4.